The average Bonchev–Trinajstić information content (AvgIpc) is 3.02. The van der Waals surface area contributed by atoms with Gasteiger partial charge >= 0.3 is 6.18 Å². The molecule has 3 aromatic rings. The Morgan fingerprint density at radius 1 is 0.959 bits per heavy atom. The highest BCUT2D eigenvalue weighted by Crippen LogP contribution is 2.38. The van der Waals surface area contributed by atoms with Gasteiger partial charge in [-0.25, -0.2) is 4.98 Å². The number of pyridine rings is 1. The molecule has 0 saturated carbocycles. The standard InChI is InChI=1S/C36H44F3N3O.C5H12O/c1-8-12-29(27-13-10-14-28(22-27)36(37,38)39)25(3)41(6)24-32-30(16-18-34(40-32)42-19-11-20-42)31-21-26(15-17-33(31)43-7)23-35(4,5)9-2;1-5(2,3)6-4/h8-10,13-18,21-22,25,29H,1-2,11-12,19-20,23-24H2,3-7H3;1-4H3. The second kappa shape index (κ2) is 16.9. The quantitative estimate of drug-likeness (QED) is 0.168. The Bertz CT molecular complexity index is 1540. The van der Waals surface area contributed by atoms with Gasteiger partial charge in [0.25, 0.3) is 0 Å². The summed E-state index contributed by atoms with van der Waals surface area (Å²) < 4.78 is 51.4. The molecular weight excluding hydrogens is 623 g/mol. The van der Waals surface area contributed by atoms with E-state index in [4.69, 9.17) is 14.5 Å². The third-order valence-corrected chi connectivity index (χ3v) is 9.26. The number of rotatable bonds is 13. The van der Waals surface area contributed by atoms with E-state index in [1.54, 1.807) is 26.4 Å². The van der Waals surface area contributed by atoms with Crippen LogP contribution in [-0.2, 0) is 23.9 Å². The van der Waals surface area contributed by atoms with E-state index >= 15 is 0 Å². The van der Waals surface area contributed by atoms with Gasteiger partial charge in [-0.05, 0) is 101 Å². The van der Waals surface area contributed by atoms with Crippen molar-refractivity contribution in [3.63, 3.8) is 0 Å². The van der Waals surface area contributed by atoms with E-state index in [1.165, 1.54) is 17.7 Å². The summed E-state index contributed by atoms with van der Waals surface area (Å²) in [6, 6.07) is 16.1. The maximum absolute atomic E-state index is 13.6. The van der Waals surface area contributed by atoms with Gasteiger partial charge in [0.1, 0.15) is 11.6 Å². The van der Waals surface area contributed by atoms with E-state index in [1.807, 2.05) is 40.0 Å². The molecule has 0 spiro atoms. The Hall–Kier alpha value is -3.62. The van der Waals surface area contributed by atoms with Gasteiger partial charge in [-0.3, -0.25) is 4.90 Å². The summed E-state index contributed by atoms with van der Waals surface area (Å²) in [5, 5.41) is 0. The number of allylic oxidation sites excluding steroid dienone is 2. The van der Waals surface area contributed by atoms with Crippen LogP contribution in [0.25, 0.3) is 11.1 Å². The zero-order valence-electron chi connectivity index (χ0n) is 31.0. The molecule has 268 valence electrons. The fourth-order valence-electron chi connectivity index (χ4n) is 5.68. The monoisotopic (exact) mass is 679 g/mol. The highest BCUT2D eigenvalue weighted by Gasteiger charge is 2.32. The van der Waals surface area contributed by atoms with Gasteiger partial charge in [0, 0.05) is 49.8 Å². The molecular formula is C41H56F3N3O2. The molecule has 49 heavy (non-hydrogen) atoms. The molecule has 1 aliphatic rings. The minimum absolute atomic E-state index is 0.0417. The van der Waals surface area contributed by atoms with Crippen molar-refractivity contribution in [1.29, 1.82) is 0 Å². The van der Waals surface area contributed by atoms with E-state index in [2.05, 4.69) is 68.0 Å². The summed E-state index contributed by atoms with van der Waals surface area (Å²) in [6.07, 6.45) is 1.89. The van der Waals surface area contributed by atoms with Gasteiger partial charge in [-0.1, -0.05) is 50.3 Å². The fourth-order valence-corrected chi connectivity index (χ4v) is 5.68. The van der Waals surface area contributed by atoms with Crippen molar-refractivity contribution in [3.8, 4) is 16.9 Å². The second-order valence-corrected chi connectivity index (χ2v) is 14.6. The summed E-state index contributed by atoms with van der Waals surface area (Å²) >= 11 is 0. The first-order valence-electron chi connectivity index (χ1n) is 17.0. The van der Waals surface area contributed by atoms with E-state index in [9.17, 15) is 13.2 Å². The molecule has 0 N–H and O–H groups in total. The minimum atomic E-state index is -4.39. The summed E-state index contributed by atoms with van der Waals surface area (Å²) in [5.41, 5.74) is 4.03. The van der Waals surface area contributed by atoms with Crippen molar-refractivity contribution >= 4 is 5.82 Å². The maximum atomic E-state index is 13.6. The number of methoxy groups -OCH3 is 2. The molecule has 0 bridgehead atoms. The second-order valence-electron chi connectivity index (χ2n) is 14.6. The molecule has 1 fully saturated rings. The van der Waals surface area contributed by atoms with Crippen molar-refractivity contribution in [1.82, 2.24) is 9.88 Å². The van der Waals surface area contributed by atoms with E-state index < -0.39 is 11.7 Å². The molecule has 2 heterocycles. The molecule has 4 rings (SSSR count). The third kappa shape index (κ3) is 11.2. The van der Waals surface area contributed by atoms with E-state index in [-0.39, 0.29) is 23.0 Å². The lowest BCUT2D eigenvalue weighted by molar-refractivity contribution is -0.137. The van der Waals surface area contributed by atoms with Crippen LogP contribution in [0.5, 0.6) is 5.75 Å². The first kappa shape index (κ1) is 39.8. The molecule has 1 aliphatic heterocycles. The number of benzene rings is 2. The number of hydrogen-bond donors (Lipinski definition) is 0. The van der Waals surface area contributed by atoms with Crippen LogP contribution in [0.15, 0.2) is 79.9 Å². The van der Waals surface area contributed by atoms with Crippen molar-refractivity contribution < 1.29 is 22.6 Å². The lowest BCUT2D eigenvalue weighted by Gasteiger charge is -2.34. The largest absolute Gasteiger partial charge is 0.496 e. The van der Waals surface area contributed by atoms with E-state index in [0.717, 1.165) is 60.4 Å². The Balaban J connectivity index is 0.000000992. The van der Waals surface area contributed by atoms with Gasteiger partial charge in [-0.15, -0.1) is 13.2 Å². The number of ether oxygens (including phenoxy) is 2. The molecule has 5 nitrogen and oxygen atoms in total. The van der Waals surface area contributed by atoms with Gasteiger partial charge in [0.05, 0.1) is 24.0 Å². The fraction of sp³-hybridized carbons (Fsp3) is 0.488. The predicted molar refractivity (Wildman–Crippen MR) is 197 cm³/mol. The lowest BCUT2D eigenvalue weighted by Crippen LogP contribution is -2.38. The Morgan fingerprint density at radius 3 is 2.16 bits per heavy atom. The molecule has 0 aliphatic carbocycles. The number of nitrogens with zero attached hydrogens (tertiary/aromatic N) is 3. The summed E-state index contributed by atoms with van der Waals surface area (Å²) in [4.78, 5) is 9.60. The van der Waals surface area contributed by atoms with Crippen LogP contribution in [-0.4, -0.2) is 55.9 Å². The number of aromatic nitrogens is 1. The Morgan fingerprint density at radius 2 is 1.63 bits per heavy atom. The molecule has 2 atom stereocenters. The molecule has 0 radical (unpaired) electrons. The van der Waals surface area contributed by atoms with Gasteiger partial charge in [-0.2, -0.15) is 13.2 Å². The lowest BCUT2D eigenvalue weighted by atomic mass is 9.85. The summed E-state index contributed by atoms with van der Waals surface area (Å²) in [6.45, 7) is 22.8. The molecule has 8 heteroatoms. The topological polar surface area (TPSA) is 37.8 Å². The van der Waals surface area contributed by atoms with Crippen LogP contribution in [0.1, 0.15) is 82.7 Å². The van der Waals surface area contributed by atoms with Crippen LogP contribution in [0.2, 0.25) is 0 Å². The van der Waals surface area contributed by atoms with Gasteiger partial charge < -0.3 is 14.4 Å². The van der Waals surface area contributed by atoms with E-state index in [0.29, 0.717) is 18.5 Å². The normalized spacial score (nSPS) is 14.8. The van der Waals surface area contributed by atoms with Crippen LogP contribution in [0, 0.1) is 5.41 Å². The number of hydrogen-bond acceptors (Lipinski definition) is 5. The van der Waals surface area contributed by atoms with Crippen molar-refractivity contribution in [3.05, 3.63) is 102 Å². The van der Waals surface area contributed by atoms with Crippen molar-refractivity contribution in [2.75, 3.05) is 39.3 Å². The third-order valence-electron chi connectivity index (χ3n) is 9.26. The Kier molecular flexibility index (Phi) is 13.7. The number of alkyl halides is 3. The molecule has 2 aromatic carbocycles. The van der Waals surface area contributed by atoms with Crippen LogP contribution in [0.4, 0.5) is 19.0 Å². The number of likely N-dealkylation sites (N-methyl/N-ethyl adjacent to an activating group) is 1. The first-order valence-corrected chi connectivity index (χ1v) is 17.0. The van der Waals surface area contributed by atoms with Gasteiger partial charge in [0.2, 0.25) is 0 Å². The summed E-state index contributed by atoms with van der Waals surface area (Å²) in [5.74, 6) is 1.53. The zero-order valence-corrected chi connectivity index (χ0v) is 31.0. The maximum Gasteiger partial charge on any atom is 0.416 e. The number of anilines is 1. The molecule has 1 saturated heterocycles. The highest BCUT2D eigenvalue weighted by atomic mass is 19.4. The summed E-state index contributed by atoms with van der Waals surface area (Å²) in [7, 11) is 5.40. The average molecular weight is 680 g/mol. The van der Waals surface area contributed by atoms with Crippen LogP contribution < -0.4 is 9.64 Å². The molecule has 1 aromatic heterocycles. The van der Waals surface area contributed by atoms with Gasteiger partial charge in [0.15, 0.2) is 0 Å². The van der Waals surface area contributed by atoms with Crippen molar-refractivity contribution in [2.45, 2.75) is 91.1 Å². The minimum Gasteiger partial charge on any atom is -0.496 e. The molecule has 0 amide bonds. The van der Waals surface area contributed by atoms with Crippen molar-refractivity contribution in [2.24, 2.45) is 5.41 Å². The molecule has 2 unspecified atom stereocenters. The van der Waals surface area contributed by atoms with Crippen LogP contribution >= 0.6 is 0 Å². The van der Waals surface area contributed by atoms with Crippen LogP contribution in [0.3, 0.4) is 0 Å². The SMILES string of the molecule is C=CCC(c1cccc(C(F)(F)F)c1)C(C)N(C)Cc1nc(N2CCC2)ccc1-c1cc(CC(C)(C)C=C)ccc1OC.COC(C)(C)C. The Labute approximate surface area is 292 Å². The predicted octanol–water partition coefficient (Wildman–Crippen LogP) is 10.4. The number of halogens is 3. The highest BCUT2D eigenvalue weighted by molar-refractivity contribution is 5.74. The first-order chi connectivity index (χ1) is 22.9. The smallest absolute Gasteiger partial charge is 0.416 e. The zero-order chi connectivity index (χ0) is 36.6.